The number of rotatable bonds is 4. The molecule has 0 aliphatic carbocycles. The van der Waals surface area contributed by atoms with Gasteiger partial charge in [0.2, 0.25) is 0 Å². The zero-order chi connectivity index (χ0) is 21.5. The van der Waals surface area contributed by atoms with Crippen LogP contribution in [-0.4, -0.2) is 26.7 Å². The van der Waals surface area contributed by atoms with Crippen molar-refractivity contribution in [2.75, 3.05) is 7.11 Å². The van der Waals surface area contributed by atoms with Crippen LogP contribution in [0.25, 0.3) is 28.5 Å². The molecule has 2 aromatic heterocycles. The highest BCUT2D eigenvalue weighted by Crippen LogP contribution is 2.32. The molecule has 0 radical (unpaired) electrons. The molecule has 154 valence electrons. The first-order valence-corrected chi connectivity index (χ1v) is 9.09. The number of benzene rings is 2. The molecule has 6 nitrogen and oxygen atoms in total. The lowest BCUT2D eigenvalue weighted by Gasteiger charge is -2.09. The van der Waals surface area contributed by atoms with Gasteiger partial charge in [-0.15, -0.1) is 0 Å². The average Bonchev–Trinajstić information content (AvgIpc) is 3.32. The van der Waals surface area contributed by atoms with Crippen molar-refractivity contribution >= 4 is 0 Å². The van der Waals surface area contributed by atoms with Crippen molar-refractivity contribution in [1.29, 1.82) is 0 Å². The first-order chi connectivity index (χ1) is 14.3. The molecular weight excluding hydrogens is 395 g/mol. The van der Waals surface area contributed by atoms with E-state index in [0.717, 1.165) is 29.1 Å². The number of aromatic nitrogens is 5. The third-order valence-electron chi connectivity index (χ3n) is 4.70. The van der Waals surface area contributed by atoms with Crippen LogP contribution in [0.3, 0.4) is 0 Å². The summed E-state index contributed by atoms with van der Waals surface area (Å²) in [7, 11) is 3.32. The Kier molecular flexibility index (Phi) is 4.81. The van der Waals surface area contributed by atoms with Gasteiger partial charge in [0, 0.05) is 11.8 Å². The molecule has 0 fully saturated rings. The monoisotopic (exact) mass is 414 g/mol. The van der Waals surface area contributed by atoms with Crippen LogP contribution in [0.15, 0.2) is 55.0 Å². The Bertz CT molecular complexity index is 1210. The van der Waals surface area contributed by atoms with Gasteiger partial charge < -0.3 is 9.30 Å². The fourth-order valence-electron chi connectivity index (χ4n) is 3.23. The molecule has 4 rings (SSSR count). The van der Waals surface area contributed by atoms with Gasteiger partial charge in [-0.25, -0.2) is 4.98 Å². The Morgan fingerprint density at radius 2 is 1.90 bits per heavy atom. The summed E-state index contributed by atoms with van der Waals surface area (Å²) in [5.41, 5.74) is 2.08. The second-order valence-corrected chi connectivity index (χ2v) is 6.84. The molecule has 0 aliphatic rings. The summed E-state index contributed by atoms with van der Waals surface area (Å²) >= 11 is 0. The molecule has 2 heterocycles. The van der Waals surface area contributed by atoms with Gasteiger partial charge in [-0.2, -0.15) is 23.0 Å². The number of alkyl halides is 3. The molecule has 0 spiro atoms. The number of aromatic amines is 1. The van der Waals surface area contributed by atoms with Crippen molar-refractivity contribution in [2.45, 2.75) is 13.1 Å². The molecular formula is C21H19F3N5O+. The number of imidazole rings is 1. The Labute approximate surface area is 170 Å². The minimum atomic E-state index is -4.41. The summed E-state index contributed by atoms with van der Waals surface area (Å²) in [6.45, 7) is 1.90. The molecule has 0 saturated heterocycles. The van der Waals surface area contributed by atoms with Crippen LogP contribution >= 0.6 is 0 Å². The molecule has 1 N–H and O–H groups in total. The topological polar surface area (TPSA) is 59.6 Å². The highest BCUT2D eigenvalue weighted by Gasteiger charge is 2.31. The number of aryl methyl sites for hydroxylation is 2. The molecule has 0 unspecified atom stereocenters. The number of nitrogens with zero attached hydrogens (tertiary/aromatic N) is 4. The number of methoxy groups -OCH3 is 1. The van der Waals surface area contributed by atoms with Crippen LogP contribution in [0.2, 0.25) is 0 Å². The lowest BCUT2D eigenvalue weighted by Crippen LogP contribution is -2.32. The van der Waals surface area contributed by atoms with Gasteiger partial charge >= 0.3 is 12.0 Å². The van der Waals surface area contributed by atoms with E-state index in [0.29, 0.717) is 23.0 Å². The van der Waals surface area contributed by atoms with Gasteiger partial charge in [0.05, 0.1) is 35.9 Å². The maximum atomic E-state index is 13.0. The van der Waals surface area contributed by atoms with E-state index in [1.165, 1.54) is 6.07 Å². The molecule has 0 amide bonds. The standard InChI is InChI=1S/C21H18F3N5O/c1-13-11-29(12-25-13)17-8-7-15(10-18(17)30-3)20-26-19(27-28(20)2)14-5-4-6-16(9-14)21(22,23)24/h4-12H,1-3H3/p+1. The van der Waals surface area contributed by atoms with E-state index in [-0.39, 0.29) is 0 Å². The third kappa shape index (κ3) is 3.66. The Balaban J connectivity index is 1.73. The van der Waals surface area contributed by atoms with Crippen molar-refractivity contribution in [1.82, 2.24) is 19.6 Å². The number of halogens is 3. The third-order valence-corrected chi connectivity index (χ3v) is 4.70. The van der Waals surface area contributed by atoms with Gasteiger partial charge in [-0.3, -0.25) is 0 Å². The van der Waals surface area contributed by atoms with E-state index < -0.39 is 11.7 Å². The summed E-state index contributed by atoms with van der Waals surface area (Å²) in [5, 5.41) is 3.01. The molecule has 2 aromatic carbocycles. The highest BCUT2D eigenvalue weighted by molar-refractivity contribution is 5.64. The summed E-state index contributed by atoms with van der Waals surface area (Å²) in [6.07, 6.45) is -0.826. The number of nitrogens with one attached hydrogen (secondary N) is 1. The minimum Gasteiger partial charge on any atom is -0.495 e. The molecule has 0 saturated carbocycles. The summed E-state index contributed by atoms with van der Waals surface area (Å²) < 4.78 is 48.2. The van der Waals surface area contributed by atoms with Gasteiger partial charge in [0.15, 0.2) is 0 Å². The van der Waals surface area contributed by atoms with Crippen molar-refractivity contribution in [3.8, 4) is 34.2 Å². The van der Waals surface area contributed by atoms with Crippen LogP contribution in [0.1, 0.15) is 11.3 Å². The van der Waals surface area contributed by atoms with Crippen LogP contribution < -0.4 is 9.42 Å². The average molecular weight is 414 g/mol. The van der Waals surface area contributed by atoms with Crippen LogP contribution in [0.5, 0.6) is 5.75 Å². The van der Waals surface area contributed by atoms with E-state index in [9.17, 15) is 13.2 Å². The number of H-pyrrole nitrogens is 1. The fraction of sp³-hybridized carbons (Fsp3) is 0.190. The van der Waals surface area contributed by atoms with E-state index >= 15 is 0 Å². The zero-order valence-electron chi connectivity index (χ0n) is 16.5. The predicted octanol–water partition coefficient (Wildman–Crippen LogP) is 4.09. The van der Waals surface area contributed by atoms with E-state index in [1.54, 1.807) is 31.2 Å². The first kappa shape index (κ1) is 19.7. The zero-order valence-corrected chi connectivity index (χ0v) is 16.5. The lowest BCUT2D eigenvalue weighted by molar-refractivity contribution is -0.716. The number of hydrogen-bond acceptors (Lipinski definition) is 3. The smallest absolute Gasteiger partial charge is 0.416 e. The maximum absolute atomic E-state index is 13.0. The normalized spacial score (nSPS) is 11.7. The largest absolute Gasteiger partial charge is 0.495 e. The van der Waals surface area contributed by atoms with Crippen molar-refractivity contribution in [2.24, 2.45) is 7.05 Å². The van der Waals surface area contributed by atoms with Crippen molar-refractivity contribution < 1.29 is 22.6 Å². The van der Waals surface area contributed by atoms with E-state index in [4.69, 9.17) is 4.74 Å². The van der Waals surface area contributed by atoms with Gasteiger partial charge in [-0.05, 0) is 48.3 Å². The SMILES string of the molecule is COc1cc(-c2nc(-c3cccc(C(F)(F)F)c3)[nH][n+]2C)ccc1-n1cnc(C)c1. The summed E-state index contributed by atoms with van der Waals surface area (Å²) in [6, 6.07) is 10.7. The quantitative estimate of drug-likeness (QED) is 0.512. The van der Waals surface area contributed by atoms with Gasteiger partial charge in [0.25, 0.3) is 5.82 Å². The molecule has 4 aromatic rings. The maximum Gasteiger partial charge on any atom is 0.416 e. The number of ether oxygens (including phenoxy) is 1. The van der Waals surface area contributed by atoms with Gasteiger partial charge in [0.1, 0.15) is 12.8 Å². The van der Waals surface area contributed by atoms with Crippen LogP contribution in [0.4, 0.5) is 13.2 Å². The van der Waals surface area contributed by atoms with E-state index in [1.807, 2.05) is 35.9 Å². The van der Waals surface area contributed by atoms with E-state index in [2.05, 4.69) is 15.1 Å². The van der Waals surface area contributed by atoms with Crippen molar-refractivity contribution in [3.63, 3.8) is 0 Å². The Morgan fingerprint density at radius 1 is 1.10 bits per heavy atom. The van der Waals surface area contributed by atoms with Gasteiger partial charge in [-0.1, -0.05) is 6.07 Å². The molecule has 0 bridgehead atoms. The molecule has 9 heteroatoms. The fourth-order valence-corrected chi connectivity index (χ4v) is 3.23. The second-order valence-electron chi connectivity index (χ2n) is 6.84. The minimum absolute atomic E-state index is 0.340. The van der Waals surface area contributed by atoms with Crippen LogP contribution in [-0.2, 0) is 13.2 Å². The predicted molar refractivity (Wildman–Crippen MR) is 104 cm³/mol. The molecule has 0 atom stereocenters. The molecule has 0 aliphatic heterocycles. The van der Waals surface area contributed by atoms with Crippen molar-refractivity contribution in [3.05, 3.63) is 66.2 Å². The Hall–Kier alpha value is -3.62. The number of hydrogen-bond donors (Lipinski definition) is 1. The molecule has 30 heavy (non-hydrogen) atoms. The summed E-state index contributed by atoms with van der Waals surface area (Å²) in [5.74, 6) is 1.52. The summed E-state index contributed by atoms with van der Waals surface area (Å²) in [4.78, 5) is 8.75. The lowest BCUT2D eigenvalue weighted by atomic mass is 10.1. The Morgan fingerprint density at radius 3 is 2.57 bits per heavy atom. The second kappa shape index (κ2) is 7.33. The first-order valence-electron chi connectivity index (χ1n) is 9.09. The van der Waals surface area contributed by atoms with Crippen LogP contribution in [0, 0.1) is 6.92 Å². The highest BCUT2D eigenvalue weighted by atomic mass is 19.4.